The lowest BCUT2D eigenvalue weighted by molar-refractivity contribution is -0.472. The van der Waals surface area contributed by atoms with E-state index in [0.29, 0.717) is 18.1 Å². The molecule has 2 heterocycles. The van der Waals surface area contributed by atoms with Gasteiger partial charge in [0.2, 0.25) is 5.69 Å². The Balaban J connectivity index is 1.46. The average molecular weight is 669 g/mol. The van der Waals surface area contributed by atoms with Gasteiger partial charge in [0.15, 0.2) is 11.8 Å². The van der Waals surface area contributed by atoms with Crippen molar-refractivity contribution in [2.75, 3.05) is 16.8 Å². The van der Waals surface area contributed by atoms with Crippen LogP contribution < -0.4 is 14.5 Å². The Kier molecular flexibility index (Phi) is 9.79. The predicted molar refractivity (Wildman–Crippen MR) is 213 cm³/mol. The third-order valence-electron chi connectivity index (χ3n) is 11.1. The molecule has 4 nitrogen and oxygen atoms in total. The zero-order chi connectivity index (χ0) is 36.0. The van der Waals surface area contributed by atoms with Gasteiger partial charge in [0.1, 0.15) is 11.5 Å². The lowest BCUT2D eigenvalue weighted by Crippen LogP contribution is -2.31. The van der Waals surface area contributed by atoms with E-state index in [-0.39, 0.29) is 10.8 Å². The van der Waals surface area contributed by atoms with Gasteiger partial charge in [-0.3, -0.25) is 0 Å². The van der Waals surface area contributed by atoms with Crippen molar-refractivity contribution in [3.05, 3.63) is 131 Å². The first-order valence-electron chi connectivity index (χ1n) is 18.7. The molecule has 3 aromatic rings. The van der Waals surface area contributed by atoms with E-state index in [4.69, 9.17) is 4.74 Å². The Morgan fingerprint density at radius 1 is 0.760 bits per heavy atom. The van der Waals surface area contributed by atoms with E-state index in [9.17, 15) is 0 Å². The van der Waals surface area contributed by atoms with Gasteiger partial charge in [0, 0.05) is 59.3 Å². The Bertz CT molecular complexity index is 1900. The first-order valence-corrected chi connectivity index (χ1v) is 18.7. The molecule has 0 aromatic heterocycles. The van der Waals surface area contributed by atoms with Gasteiger partial charge in [-0.2, -0.15) is 4.58 Å². The molecule has 0 atom stereocenters. The summed E-state index contributed by atoms with van der Waals surface area (Å²) in [5, 5.41) is 0. The van der Waals surface area contributed by atoms with Crippen molar-refractivity contribution in [1.82, 2.24) is 0 Å². The molecule has 0 saturated heterocycles. The van der Waals surface area contributed by atoms with Crippen LogP contribution in [0.5, 0.6) is 5.75 Å². The number of nitrogens with zero attached hydrogens (tertiary/aromatic N) is 3. The molecule has 0 bridgehead atoms. The van der Waals surface area contributed by atoms with Crippen molar-refractivity contribution in [2.24, 2.45) is 0 Å². The highest BCUT2D eigenvalue weighted by Crippen LogP contribution is 2.49. The number of hydrogen-bond acceptors (Lipinski definition) is 3. The van der Waals surface area contributed by atoms with Crippen LogP contribution in [0, 0.1) is 0 Å². The molecule has 0 radical (unpaired) electrons. The fraction of sp³-hybridized carbons (Fsp3) is 0.413. The molecule has 0 fully saturated rings. The van der Waals surface area contributed by atoms with Gasteiger partial charge in [-0.25, -0.2) is 0 Å². The number of ether oxygens (including phenoxy) is 1. The highest BCUT2D eigenvalue weighted by atomic mass is 16.5. The van der Waals surface area contributed by atoms with E-state index in [1.807, 2.05) is 0 Å². The predicted octanol–water partition coefficient (Wildman–Crippen LogP) is 11.4. The lowest BCUT2D eigenvalue weighted by atomic mass is 9.81. The number of fused-ring (bicyclic) bond motifs is 2. The van der Waals surface area contributed by atoms with Crippen LogP contribution in [-0.2, 0) is 10.8 Å². The van der Waals surface area contributed by atoms with Crippen LogP contribution in [0.3, 0.4) is 0 Å². The average Bonchev–Trinajstić information content (AvgIpc) is 3.46. The maximum atomic E-state index is 6.96. The zero-order valence-corrected chi connectivity index (χ0v) is 32.3. The van der Waals surface area contributed by atoms with Gasteiger partial charge in [0.05, 0.1) is 5.41 Å². The fourth-order valence-electron chi connectivity index (χ4n) is 8.13. The Morgan fingerprint density at radius 3 is 2.08 bits per heavy atom. The summed E-state index contributed by atoms with van der Waals surface area (Å²) >= 11 is 0. The van der Waals surface area contributed by atoms with E-state index in [2.05, 4.69) is 188 Å². The van der Waals surface area contributed by atoms with Crippen LogP contribution in [0.1, 0.15) is 99.6 Å². The minimum atomic E-state index is -0.0989. The molecule has 0 saturated carbocycles. The standard InChI is InChI=1S/C46H58N3O/c1-31(2)47(11)36-25-27-37(28-26-36)50-44-34(23-29-42-45(7,8)38-19-12-14-21-40(38)48(42)32(3)4)17-16-18-35(44)24-30-43-46(9,10)39-20-13-15-22-41(39)49(43)33(5)6/h12-15,19-33H,16-18H2,1-11H3/q+1. The molecule has 0 spiro atoms. The molecule has 262 valence electrons. The molecular formula is C46H58N3O+. The number of hydrogen-bond donors (Lipinski definition) is 0. The number of allylic oxidation sites excluding steroid dienone is 7. The van der Waals surface area contributed by atoms with Crippen LogP contribution in [0.25, 0.3) is 0 Å². The van der Waals surface area contributed by atoms with E-state index in [1.54, 1.807) is 0 Å². The van der Waals surface area contributed by atoms with E-state index in [1.165, 1.54) is 50.7 Å². The van der Waals surface area contributed by atoms with Crippen molar-refractivity contribution in [3.63, 3.8) is 0 Å². The normalized spacial score (nSPS) is 19.9. The lowest BCUT2D eigenvalue weighted by Gasteiger charge is -2.30. The molecule has 4 heteroatoms. The minimum absolute atomic E-state index is 0.0989. The van der Waals surface area contributed by atoms with Crippen LogP contribution in [0.2, 0.25) is 0 Å². The van der Waals surface area contributed by atoms with Gasteiger partial charge < -0.3 is 14.5 Å². The molecule has 50 heavy (non-hydrogen) atoms. The Labute approximate surface area is 302 Å². The largest absolute Gasteiger partial charge is 0.457 e. The molecule has 3 aliphatic rings. The number of benzene rings is 3. The first-order chi connectivity index (χ1) is 23.7. The van der Waals surface area contributed by atoms with Gasteiger partial charge >= 0.3 is 0 Å². The molecule has 6 rings (SSSR count). The molecule has 0 N–H and O–H groups in total. The summed E-state index contributed by atoms with van der Waals surface area (Å²) < 4.78 is 9.47. The molecule has 0 amide bonds. The minimum Gasteiger partial charge on any atom is -0.457 e. The highest BCUT2D eigenvalue weighted by Gasteiger charge is 2.45. The number of rotatable bonds is 9. The van der Waals surface area contributed by atoms with Crippen LogP contribution >= 0.6 is 0 Å². The maximum absolute atomic E-state index is 6.96. The highest BCUT2D eigenvalue weighted by molar-refractivity contribution is 6.03. The third-order valence-corrected chi connectivity index (χ3v) is 11.1. The summed E-state index contributed by atoms with van der Waals surface area (Å²) in [7, 11) is 2.14. The van der Waals surface area contributed by atoms with Gasteiger partial charge in [0.25, 0.3) is 0 Å². The second kappa shape index (κ2) is 13.8. The molecule has 1 aliphatic carbocycles. The van der Waals surface area contributed by atoms with E-state index in [0.717, 1.165) is 30.8 Å². The smallest absolute Gasteiger partial charge is 0.209 e. The van der Waals surface area contributed by atoms with Crippen molar-refractivity contribution in [1.29, 1.82) is 0 Å². The summed E-state index contributed by atoms with van der Waals surface area (Å²) in [4.78, 5) is 4.80. The summed E-state index contributed by atoms with van der Waals surface area (Å²) in [6, 6.07) is 27.5. The number of anilines is 2. The first kappa shape index (κ1) is 35.5. The zero-order valence-electron chi connectivity index (χ0n) is 32.3. The van der Waals surface area contributed by atoms with Crippen LogP contribution in [0.4, 0.5) is 17.1 Å². The topological polar surface area (TPSA) is 18.7 Å². The van der Waals surface area contributed by atoms with Gasteiger partial charge in [-0.05, 0) is 134 Å². The maximum Gasteiger partial charge on any atom is 0.209 e. The Morgan fingerprint density at radius 2 is 1.42 bits per heavy atom. The molecular weight excluding hydrogens is 611 g/mol. The van der Waals surface area contributed by atoms with Crippen molar-refractivity contribution >= 4 is 22.8 Å². The summed E-state index contributed by atoms with van der Waals surface area (Å²) in [6.45, 7) is 23.0. The summed E-state index contributed by atoms with van der Waals surface area (Å²) in [5.74, 6) is 1.86. The van der Waals surface area contributed by atoms with Gasteiger partial charge in [-0.1, -0.05) is 56.3 Å². The molecule has 2 aliphatic heterocycles. The van der Waals surface area contributed by atoms with Crippen molar-refractivity contribution in [3.8, 4) is 5.75 Å². The monoisotopic (exact) mass is 668 g/mol. The Hall–Kier alpha value is -4.31. The van der Waals surface area contributed by atoms with E-state index >= 15 is 0 Å². The summed E-state index contributed by atoms with van der Waals surface area (Å²) in [6.07, 6.45) is 12.5. The van der Waals surface area contributed by atoms with Crippen LogP contribution in [-0.4, -0.2) is 35.5 Å². The number of para-hydroxylation sites is 2. The summed E-state index contributed by atoms with van der Waals surface area (Å²) in [5.41, 5.74) is 11.6. The molecule has 3 aromatic carbocycles. The molecule has 0 unspecified atom stereocenters. The fourth-order valence-corrected chi connectivity index (χ4v) is 8.13. The quantitative estimate of drug-likeness (QED) is 0.212. The van der Waals surface area contributed by atoms with Crippen molar-refractivity contribution < 1.29 is 9.31 Å². The van der Waals surface area contributed by atoms with Crippen LogP contribution in [0.15, 0.2) is 120 Å². The van der Waals surface area contributed by atoms with E-state index < -0.39 is 0 Å². The van der Waals surface area contributed by atoms with Gasteiger partial charge in [-0.15, -0.1) is 0 Å². The second-order valence-electron chi connectivity index (χ2n) is 16.2. The van der Waals surface area contributed by atoms with Crippen molar-refractivity contribution in [2.45, 2.75) is 117 Å². The third kappa shape index (κ3) is 6.38. The SMILES string of the molecule is CC(C)N(C)c1ccc(OC2=C(C=CC3=[N+](C(C)C)c4ccccc4C3(C)C)CCCC2=CC=C2N(C(C)C)c3ccccc3C2(C)C)cc1. The second-order valence-corrected chi connectivity index (χ2v) is 16.2.